The first-order valence-corrected chi connectivity index (χ1v) is 8.91. The second-order valence-corrected chi connectivity index (χ2v) is 9.62. The van der Waals surface area contributed by atoms with Gasteiger partial charge in [-0.15, -0.1) is 0 Å². The standard InChI is InChI=1S/C15H23ClO4S/c1-14(2,3)9-8-10(20-7)13(21(16,18)19)11(12(9)17)15(4,5)6/h8,17H,1-7H3. The van der Waals surface area contributed by atoms with Crippen LogP contribution >= 0.6 is 10.7 Å². The molecule has 0 aliphatic carbocycles. The summed E-state index contributed by atoms with van der Waals surface area (Å²) < 4.78 is 29.2. The van der Waals surface area contributed by atoms with Crippen LogP contribution in [0.1, 0.15) is 52.7 Å². The Bertz CT molecular complexity index is 650. The molecule has 0 bridgehead atoms. The molecule has 1 N–H and O–H groups in total. The van der Waals surface area contributed by atoms with E-state index in [2.05, 4.69) is 0 Å². The van der Waals surface area contributed by atoms with Crippen molar-refractivity contribution in [1.29, 1.82) is 0 Å². The molecule has 1 aromatic rings. The molecule has 0 spiro atoms. The van der Waals surface area contributed by atoms with Crippen molar-refractivity contribution in [1.82, 2.24) is 0 Å². The van der Waals surface area contributed by atoms with Gasteiger partial charge in [-0.05, 0) is 16.9 Å². The third kappa shape index (κ3) is 3.64. The van der Waals surface area contributed by atoms with E-state index in [9.17, 15) is 13.5 Å². The van der Waals surface area contributed by atoms with Gasteiger partial charge < -0.3 is 9.84 Å². The number of halogens is 1. The van der Waals surface area contributed by atoms with Crippen molar-refractivity contribution in [2.24, 2.45) is 0 Å². The summed E-state index contributed by atoms with van der Waals surface area (Å²) in [6.07, 6.45) is 0. The minimum atomic E-state index is -4.06. The van der Waals surface area contributed by atoms with Crippen LogP contribution in [-0.2, 0) is 19.9 Å². The van der Waals surface area contributed by atoms with Gasteiger partial charge in [0.2, 0.25) is 0 Å². The van der Waals surface area contributed by atoms with Crippen LogP contribution in [0.5, 0.6) is 11.5 Å². The molecule has 0 saturated carbocycles. The second-order valence-electron chi connectivity index (χ2n) is 7.12. The zero-order valence-corrected chi connectivity index (χ0v) is 15.1. The van der Waals surface area contributed by atoms with Gasteiger partial charge in [-0.2, -0.15) is 0 Å². The summed E-state index contributed by atoms with van der Waals surface area (Å²) in [6, 6.07) is 1.54. The van der Waals surface area contributed by atoms with Crippen molar-refractivity contribution in [3.05, 3.63) is 17.2 Å². The van der Waals surface area contributed by atoms with Gasteiger partial charge in [0.25, 0.3) is 9.05 Å². The van der Waals surface area contributed by atoms with Crippen LogP contribution in [0.2, 0.25) is 0 Å². The van der Waals surface area contributed by atoms with Gasteiger partial charge in [0.1, 0.15) is 16.4 Å². The summed E-state index contributed by atoms with van der Waals surface area (Å²) in [5.41, 5.74) is -0.0860. The molecule has 0 saturated heterocycles. The Morgan fingerprint density at radius 2 is 1.57 bits per heavy atom. The van der Waals surface area contributed by atoms with E-state index >= 15 is 0 Å². The van der Waals surface area contributed by atoms with E-state index in [1.54, 1.807) is 6.07 Å². The van der Waals surface area contributed by atoms with E-state index in [0.717, 1.165) is 0 Å². The zero-order valence-electron chi connectivity index (χ0n) is 13.5. The number of benzene rings is 1. The Balaban J connectivity index is 4.04. The molecule has 0 unspecified atom stereocenters. The lowest BCUT2D eigenvalue weighted by Crippen LogP contribution is -2.20. The number of aromatic hydroxyl groups is 1. The van der Waals surface area contributed by atoms with Gasteiger partial charge in [0.05, 0.1) is 7.11 Å². The summed E-state index contributed by atoms with van der Waals surface area (Å²) in [5.74, 6) is 0.104. The van der Waals surface area contributed by atoms with Crippen LogP contribution in [0.4, 0.5) is 0 Å². The van der Waals surface area contributed by atoms with Crippen LogP contribution in [0, 0.1) is 0 Å². The third-order valence-electron chi connectivity index (χ3n) is 3.24. The Kier molecular flexibility index (Phi) is 4.62. The molecule has 0 heterocycles. The average molecular weight is 335 g/mol. The normalized spacial score (nSPS) is 13.3. The Morgan fingerprint density at radius 1 is 1.10 bits per heavy atom. The second kappa shape index (κ2) is 5.36. The lowest BCUT2D eigenvalue weighted by atomic mass is 9.79. The minimum Gasteiger partial charge on any atom is -0.507 e. The van der Waals surface area contributed by atoms with Crippen LogP contribution in [0.3, 0.4) is 0 Å². The summed E-state index contributed by atoms with van der Waals surface area (Å²) in [5, 5.41) is 10.6. The van der Waals surface area contributed by atoms with E-state index in [1.165, 1.54) is 7.11 Å². The first-order chi connectivity index (χ1) is 9.21. The van der Waals surface area contributed by atoms with Crippen LogP contribution in [0.25, 0.3) is 0 Å². The van der Waals surface area contributed by atoms with Gasteiger partial charge in [-0.1, -0.05) is 41.5 Å². The summed E-state index contributed by atoms with van der Waals surface area (Å²) in [4.78, 5) is -0.162. The van der Waals surface area contributed by atoms with Crippen LogP contribution in [-0.4, -0.2) is 20.6 Å². The number of hydrogen-bond donors (Lipinski definition) is 1. The Labute approximate surface area is 131 Å². The van der Waals surface area contributed by atoms with E-state index in [1.807, 2.05) is 41.5 Å². The van der Waals surface area contributed by atoms with E-state index in [4.69, 9.17) is 15.4 Å². The number of phenols is 1. The van der Waals surface area contributed by atoms with Gasteiger partial charge in [-0.25, -0.2) is 8.42 Å². The highest BCUT2D eigenvalue weighted by molar-refractivity contribution is 8.13. The summed E-state index contributed by atoms with van der Waals surface area (Å²) in [6.45, 7) is 11.3. The first kappa shape index (κ1) is 18.1. The first-order valence-electron chi connectivity index (χ1n) is 6.61. The number of phenolic OH excluding ortho intramolecular Hbond substituents is 1. The molecule has 0 aromatic heterocycles. The highest BCUT2D eigenvalue weighted by Crippen LogP contribution is 2.47. The molecule has 21 heavy (non-hydrogen) atoms. The molecule has 1 rings (SSSR count). The van der Waals surface area contributed by atoms with Gasteiger partial charge in [-0.3, -0.25) is 0 Å². The van der Waals surface area contributed by atoms with Crippen LogP contribution in [0.15, 0.2) is 11.0 Å². The van der Waals surface area contributed by atoms with Crippen molar-refractivity contribution >= 4 is 19.7 Å². The third-order valence-corrected chi connectivity index (χ3v) is 4.60. The molecule has 0 amide bonds. The van der Waals surface area contributed by atoms with Crippen molar-refractivity contribution < 1.29 is 18.3 Å². The molecule has 6 heteroatoms. The van der Waals surface area contributed by atoms with Crippen LogP contribution < -0.4 is 4.74 Å². The quantitative estimate of drug-likeness (QED) is 0.832. The molecule has 1 aromatic carbocycles. The fraction of sp³-hybridized carbons (Fsp3) is 0.600. The Morgan fingerprint density at radius 3 is 1.86 bits per heavy atom. The van der Waals surface area contributed by atoms with Crippen molar-refractivity contribution in [2.45, 2.75) is 57.3 Å². The van der Waals surface area contributed by atoms with E-state index in [-0.39, 0.29) is 27.4 Å². The minimum absolute atomic E-state index is 0.0463. The highest BCUT2D eigenvalue weighted by atomic mass is 35.7. The number of rotatable bonds is 2. The molecule has 0 atom stereocenters. The Hall–Kier alpha value is -0.940. The molecule has 0 radical (unpaired) electrons. The molecule has 0 aliphatic heterocycles. The number of methoxy groups -OCH3 is 1. The van der Waals surface area contributed by atoms with Gasteiger partial charge >= 0.3 is 0 Å². The van der Waals surface area contributed by atoms with Crippen molar-refractivity contribution in [2.75, 3.05) is 7.11 Å². The lowest BCUT2D eigenvalue weighted by Gasteiger charge is -2.29. The molecule has 120 valence electrons. The number of ether oxygens (including phenoxy) is 1. The summed E-state index contributed by atoms with van der Waals surface area (Å²) in [7, 11) is 2.90. The van der Waals surface area contributed by atoms with Gasteiger partial charge in [0.15, 0.2) is 0 Å². The summed E-state index contributed by atoms with van der Waals surface area (Å²) >= 11 is 0. The van der Waals surface area contributed by atoms with Crippen molar-refractivity contribution in [3.8, 4) is 11.5 Å². The zero-order chi connectivity index (χ0) is 16.8. The van der Waals surface area contributed by atoms with E-state index < -0.39 is 14.5 Å². The molecule has 4 nitrogen and oxygen atoms in total. The number of hydrogen-bond acceptors (Lipinski definition) is 4. The maximum atomic E-state index is 12.0. The topological polar surface area (TPSA) is 63.6 Å². The fourth-order valence-electron chi connectivity index (χ4n) is 2.29. The predicted octanol–water partition coefficient (Wildman–Crippen LogP) is 3.92. The average Bonchev–Trinajstić information content (AvgIpc) is 2.23. The van der Waals surface area contributed by atoms with Crippen molar-refractivity contribution in [3.63, 3.8) is 0 Å². The van der Waals surface area contributed by atoms with E-state index in [0.29, 0.717) is 5.56 Å². The predicted molar refractivity (Wildman–Crippen MR) is 85.1 cm³/mol. The highest BCUT2D eigenvalue weighted by Gasteiger charge is 2.35. The largest absolute Gasteiger partial charge is 0.507 e. The fourth-order valence-corrected chi connectivity index (χ4v) is 3.78. The smallest absolute Gasteiger partial charge is 0.265 e. The lowest BCUT2D eigenvalue weighted by molar-refractivity contribution is 0.379. The monoisotopic (exact) mass is 334 g/mol. The molecular formula is C15H23ClO4S. The maximum Gasteiger partial charge on any atom is 0.265 e. The SMILES string of the molecule is COc1cc(C(C)(C)C)c(O)c(C(C)(C)C)c1S(=O)(=O)Cl. The maximum absolute atomic E-state index is 12.0. The molecule has 0 fully saturated rings. The van der Waals surface area contributed by atoms with Gasteiger partial charge in [0, 0.05) is 21.8 Å². The molecular weight excluding hydrogens is 312 g/mol. The molecule has 0 aliphatic rings.